The van der Waals surface area contributed by atoms with Gasteiger partial charge in [0.25, 0.3) is 0 Å². The van der Waals surface area contributed by atoms with E-state index in [1.165, 1.54) is 0 Å². The maximum atomic E-state index is 13.7. The first kappa shape index (κ1) is 22.1. The van der Waals surface area contributed by atoms with Crippen LogP contribution in [0.2, 0.25) is 0 Å². The van der Waals surface area contributed by atoms with Gasteiger partial charge in [-0.15, -0.1) is 0 Å². The molecule has 1 aliphatic carbocycles. The van der Waals surface area contributed by atoms with Gasteiger partial charge < -0.3 is 24.4 Å². The van der Waals surface area contributed by atoms with Crippen molar-refractivity contribution in [2.45, 2.75) is 36.8 Å². The van der Waals surface area contributed by atoms with Crippen molar-refractivity contribution in [1.29, 1.82) is 0 Å². The Balaban J connectivity index is 1.53. The lowest BCUT2D eigenvalue weighted by Crippen LogP contribution is -2.49. The largest absolute Gasteiger partial charge is 0.497 e. The van der Waals surface area contributed by atoms with Crippen LogP contribution in [-0.4, -0.2) is 67.8 Å². The maximum Gasteiger partial charge on any atom is 0.243 e. The third-order valence-corrected chi connectivity index (χ3v) is 6.17. The summed E-state index contributed by atoms with van der Waals surface area (Å²) in [7, 11) is 3.20. The number of likely N-dealkylation sites (tertiary alicyclic amines) is 1. The van der Waals surface area contributed by atoms with Crippen LogP contribution in [0.5, 0.6) is 11.5 Å². The first-order valence-corrected chi connectivity index (χ1v) is 10.9. The number of carbonyl (C=O) groups excluding carboxylic acids is 2. The second-order valence-corrected chi connectivity index (χ2v) is 8.23. The van der Waals surface area contributed by atoms with Crippen LogP contribution >= 0.6 is 0 Å². The average molecular weight is 440 g/mol. The van der Waals surface area contributed by atoms with Gasteiger partial charge in [0, 0.05) is 26.3 Å². The van der Waals surface area contributed by atoms with E-state index in [-0.39, 0.29) is 17.9 Å². The highest BCUT2D eigenvalue weighted by Gasteiger charge is 2.56. The number of ether oxygens (including phenoxy) is 3. The minimum Gasteiger partial charge on any atom is -0.497 e. The highest BCUT2D eigenvalue weighted by Crippen LogP contribution is 2.50. The summed E-state index contributed by atoms with van der Waals surface area (Å²) in [4.78, 5) is 32.5. The summed E-state index contributed by atoms with van der Waals surface area (Å²) >= 11 is 0. The van der Waals surface area contributed by atoms with Gasteiger partial charge in [-0.1, -0.05) is 12.1 Å². The molecule has 2 amide bonds. The Kier molecular flexibility index (Phi) is 6.60. The van der Waals surface area contributed by atoms with Crippen LogP contribution in [0, 0.1) is 0 Å². The van der Waals surface area contributed by atoms with E-state index in [1.807, 2.05) is 30.3 Å². The molecule has 1 aliphatic heterocycles. The fraction of sp³-hybridized carbons (Fsp3) is 0.458. The number of benzene rings is 1. The molecule has 1 saturated carbocycles. The second kappa shape index (κ2) is 9.56. The van der Waals surface area contributed by atoms with Gasteiger partial charge in [0.15, 0.2) is 0 Å². The summed E-state index contributed by atoms with van der Waals surface area (Å²) in [5.41, 5.74) is 0.374. The van der Waals surface area contributed by atoms with Crippen molar-refractivity contribution >= 4 is 11.8 Å². The molecule has 32 heavy (non-hydrogen) atoms. The minimum absolute atomic E-state index is 0.0214. The molecule has 2 fully saturated rings. The Hall–Kier alpha value is -3.13. The molecule has 2 aromatic rings. The summed E-state index contributed by atoms with van der Waals surface area (Å²) < 4.78 is 16.3. The number of hydrogen-bond donors (Lipinski definition) is 1. The van der Waals surface area contributed by atoms with Crippen molar-refractivity contribution in [3.05, 3.63) is 54.4 Å². The van der Waals surface area contributed by atoms with Gasteiger partial charge in [0.05, 0.1) is 31.9 Å². The quantitative estimate of drug-likeness (QED) is 0.601. The summed E-state index contributed by atoms with van der Waals surface area (Å²) in [6.45, 7) is 1.16. The zero-order valence-electron chi connectivity index (χ0n) is 18.5. The molecular weight excluding hydrogens is 410 g/mol. The van der Waals surface area contributed by atoms with E-state index in [1.54, 1.807) is 37.6 Å². The molecule has 170 valence electrons. The molecule has 2 atom stereocenters. The average Bonchev–Trinajstić information content (AvgIpc) is 3.53. The molecule has 2 heterocycles. The van der Waals surface area contributed by atoms with Gasteiger partial charge in [-0.2, -0.15) is 0 Å². The fourth-order valence-electron chi connectivity index (χ4n) is 4.30. The van der Waals surface area contributed by atoms with Gasteiger partial charge in [-0.3, -0.25) is 14.6 Å². The van der Waals surface area contributed by atoms with Crippen LogP contribution in [-0.2, 0) is 19.7 Å². The number of nitrogens with zero attached hydrogens (tertiary/aromatic N) is 2. The molecule has 0 radical (unpaired) electrons. The van der Waals surface area contributed by atoms with Crippen molar-refractivity contribution in [2.24, 2.45) is 0 Å². The Bertz CT molecular complexity index is 930. The first-order valence-electron chi connectivity index (χ1n) is 10.9. The van der Waals surface area contributed by atoms with Crippen molar-refractivity contribution in [1.82, 2.24) is 15.2 Å². The van der Waals surface area contributed by atoms with Gasteiger partial charge in [0.2, 0.25) is 11.8 Å². The Morgan fingerprint density at radius 3 is 2.56 bits per heavy atom. The van der Waals surface area contributed by atoms with E-state index in [2.05, 4.69) is 10.3 Å². The third kappa shape index (κ3) is 4.55. The number of hydrogen-bond acceptors (Lipinski definition) is 6. The Labute approximate surface area is 187 Å². The van der Waals surface area contributed by atoms with E-state index >= 15 is 0 Å². The lowest BCUT2D eigenvalue weighted by atomic mass is 9.93. The van der Waals surface area contributed by atoms with Crippen LogP contribution in [0.1, 0.15) is 24.8 Å². The molecule has 1 aromatic heterocycles. The van der Waals surface area contributed by atoms with E-state index in [9.17, 15) is 9.59 Å². The SMILES string of the molecule is COCCNC(=O)[C@@H]1C[C@H](Oc2cccnc2)CN1C(=O)C1(c2ccc(OC)cc2)CC1. The van der Waals surface area contributed by atoms with Crippen LogP contribution < -0.4 is 14.8 Å². The van der Waals surface area contributed by atoms with Crippen molar-refractivity contribution in [2.75, 3.05) is 33.9 Å². The maximum absolute atomic E-state index is 13.7. The molecule has 2 aliphatic rings. The van der Waals surface area contributed by atoms with Gasteiger partial charge in [-0.05, 0) is 42.7 Å². The summed E-state index contributed by atoms with van der Waals surface area (Å²) in [5, 5.41) is 2.88. The third-order valence-electron chi connectivity index (χ3n) is 6.17. The number of amides is 2. The Morgan fingerprint density at radius 2 is 1.94 bits per heavy atom. The number of pyridine rings is 1. The summed E-state index contributed by atoms with van der Waals surface area (Å²) in [6, 6.07) is 10.7. The first-order chi connectivity index (χ1) is 15.6. The highest BCUT2D eigenvalue weighted by atomic mass is 16.5. The van der Waals surface area contributed by atoms with Crippen LogP contribution in [0.4, 0.5) is 0 Å². The summed E-state index contributed by atoms with van der Waals surface area (Å²) in [5.74, 6) is 1.17. The smallest absolute Gasteiger partial charge is 0.243 e. The number of carbonyl (C=O) groups is 2. The molecule has 4 rings (SSSR count). The zero-order chi connectivity index (χ0) is 22.6. The zero-order valence-corrected chi connectivity index (χ0v) is 18.5. The van der Waals surface area contributed by atoms with Crippen LogP contribution in [0.15, 0.2) is 48.8 Å². The van der Waals surface area contributed by atoms with Crippen molar-refractivity contribution < 1.29 is 23.8 Å². The second-order valence-electron chi connectivity index (χ2n) is 8.23. The molecule has 1 aromatic carbocycles. The molecule has 1 saturated heterocycles. The lowest BCUT2D eigenvalue weighted by Gasteiger charge is -2.28. The standard InChI is InChI=1S/C24H29N3O5/c1-30-13-12-26-22(28)21-14-20(32-19-4-3-11-25-15-19)16-27(21)23(29)24(9-10-24)17-5-7-18(31-2)8-6-17/h3-8,11,15,20-21H,9-10,12-14,16H2,1-2H3,(H,26,28)/t20-,21-/m0/s1. The molecule has 1 N–H and O–H groups in total. The predicted molar refractivity (Wildman–Crippen MR) is 118 cm³/mol. The molecule has 8 heteroatoms. The van der Waals surface area contributed by atoms with E-state index in [0.29, 0.717) is 31.9 Å². The van der Waals surface area contributed by atoms with Crippen molar-refractivity contribution in [3.63, 3.8) is 0 Å². The topological polar surface area (TPSA) is 90.0 Å². The van der Waals surface area contributed by atoms with E-state index in [4.69, 9.17) is 14.2 Å². The molecule has 0 unspecified atom stereocenters. The van der Waals surface area contributed by atoms with Gasteiger partial charge >= 0.3 is 0 Å². The Morgan fingerprint density at radius 1 is 1.16 bits per heavy atom. The molecular formula is C24H29N3O5. The monoisotopic (exact) mass is 439 g/mol. The number of rotatable bonds is 9. The summed E-state index contributed by atoms with van der Waals surface area (Å²) in [6.07, 6.45) is 4.99. The normalized spacial score (nSPS) is 21.1. The molecule has 0 bridgehead atoms. The molecule has 8 nitrogen and oxygen atoms in total. The molecule has 0 spiro atoms. The van der Waals surface area contributed by atoms with E-state index in [0.717, 1.165) is 24.2 Å². The van der Waals surface area contributed by atoms with Crippen molar-refractivity contribution in [3.8, 4) is 11.5 Å². The van der Waals surface area contributed by atoms with Crippen LogP contribution in [0.25, 0.3) is 0 Å². The van der Waals surface area contributed by atoms with Gasteiger partial charge in [0.1, 0.15) is 23.6 Å². The number of aromatic nitrogens is 1. The number of methoxy groups -OCH3 is 2. The predicted octanol–water partition coefficient (Wildman–Crippen LogP) is 1.93. The lowest BCUT2D eigenvalue weighted by molar-refractivity contribution is -0.140. The van der Waals surface area contributed by atoms with Gasteiger partial charge in [-0.25, -0.2) is 0 Å². The minimum atomic E-state index is -0.586. The number of nitrogens with one attached hydrogen (secondary N) is 1. The fourth-order valence-corrected chi connectivity index (χ4v) is 4.30. The van der Waals surface area contributed by atoms with E-state index < -0.39 is 11.5 Å². The van der Waals surface area contributed by atoms with Crippen LogP contribution in [0.3, 0.4) is 0 Å². The highest BCUT2D eigenvalue weighted by molar-refractivity contribution is 5.95.